The number of anilines is 1. The van der Waals surface area contributed by atoms with Gasteiger partial charge < -0.3 is 15.5 Å². The minimum atomic E-state index is -0.947. The number of benzene rings is 1. The van der Waals surface area contributed by atoms with Gasteiger partial charge in [0.25, 0.3) is 0 Å². The summed E-state index contributed by atoms with van der Waals surface area (Å²) in [5, 5.41) is 21.4. The third kappa shape index (κ3) is 2.84. The van der Waals surface area contributed by atoms with Crippen LogP contribution in [-0.4, -0.2) is 29.3 Å². The molecule has 5 heteroatoms. The van der Waals surface area contributed by atoms with Crippen molar-refractivity contribution >= 4 is 27.6 Å². The second-order valence-corrected chi connectivity index (χ2v) is 5.65. The minimum absolute atomic E-state index is 0.160. The number of carboxylic acid groups (broad SMARTS) is 1. The molecule has 1 aromatic carbocycles. The Kier molecular flexibility index (Phi) is 3.92. The number of rotatable bonds is 6. The Bertz CT molecular complexity index is 458. The second kappa shape index (κ2) is 5.28. The van der Waals surface area contributed by atoms with Crippen LogP contribution in [0.5, 0.6) is 0 Å². The van der Waals surface area contributed by atoms with E-state index in [9.17, 15) is 9.90 Å². The molecule has 4 nitrogen and oxygen atoms in total. The molecule has 0 aromatic heterocycles. The Morgan fingerprint density at radius 1 is 1.44 bits per heavy atom. The summed E-state index contributed by atoms with van der Waals surface area (Å²) in [7, 11) is 0. The summed E-state index contributed by atoms with van der Waals surface area (Å²) in [5.41, 5.74) is 1.05. The zero-order valence-corrected chi connectivity index (χ0v) is 11.5. The van der Waals surface area contributed by atoms with Crippen molar-refractivity contribution in [2.75, 3.05) is 18.5 Å². The second-order valence-electron chi connectivity index (χ2n) is 4.79. The Balaban J connectivity index is 2.10. The maximum atomic E-state index is 11.2. The van der Waals surface area contributed by atoms with E-state index >= 15 is 0 Å². The SMILES string of the molecule is O=C(O)c1c(Br)cccc1NCC1(CCO)CC1. The standard InChI is InChI=1S/C13H16BrNO3/c14-9-2-1-3-10(11(9)12(17)18)15-8-13(4-5-13)6-7-16/h1-3,15-16H,4-8H2,(H,17,18). The zero-order chi connectivity index (χ0) is 13.2. The fraction of sp³-hybridized carbons (Fsp3) is 0.462. The number of aliphatic hydroxyl groups excluding tert-OH is 1. The molecule has 0 aliphatic heterocycles. The van der Waals surface area contributed by atoms with E-state index in [4.69, 9.17) is 5.11 Å². The van der Waals surface area contributed by atoms with E-state index in [0.717, 1.165) is 19.3 Å². The van der Waals surface area contributed by atoms with Crippen molar-refractivity contribution < 1.29 is 15.0 Å². The first kappa shape index (κ1) is 13.4. The zero-order valence-electron chi connectivity index (χ0n) is 9.95. The summed E-state index contributed by atoms with van der Waals surface area (Å²) in [6.45, 7) is 0.899. The van der Waals surface area contributed by atoms with Crippen LogP contribution in [0.25, 0.3) is 0 Å². The van der Waals surface area contributed by atoms with Gasteiger partial charge in [-0.05, 0) is 52.7 Å². The number of nitrogens with one attached hydrogen (secondary N) is 1. The first-order valence-corrected chi connectivity index (χ1v) is 6.74. The molecule has 1 saturated carbocycles. The predicted octanol–water partition coefficient (Wildman–Crippen LogP) is 2.72. The van der Waals surface area contributed by atoms with Crippen LogP contribution in [-0.2, 0) is 0 Å². The molecule has 0 unspecified atom stereocenters. The lowest BCUT2D eigenvalue weighted by molar-refractivity contribution is 0.0697. The maximum Gasteiger partial charge on any atom is 0.338 e. The molecule has 0 radical (unpaired) electrons. The number of aromatic carboxylic acids is 1. The molecule has 1 aliphatic carbocycles. The van der Waals surface area contributed by atoms with Crippen molar-refractivity contribution in [1.29, 1.82) is 0 Å². The summed E-state index contributed by atoms with van der Waals surface area (Å²) in [4.78, 5) is 11.2. The summed E-state index contributed by atoms with van der Waals surface area (Å²) in [5.74, 6) is -0.947. The van der Waals surface area contributed by atoms with E-state index in [2.05, 4.69) is 21.2 Å². The molecule has 0 atom stereocenters. The van der Waals surface area contributed by atoms with Crippen molar-refractivity contribution in [3.05, 3.63) is 28.2 Å². The molecule has 1 fully saturated rings. The average molecular weight is 314 g/mol. The number of carboxylic acids is 1. The van der Waals surface area contributed by atoms with Crippen LogP contribution < -0.4 is 5.32 Å². The van der Waals surface area contributed by atoms with Crippen molar-refractivity contribution in [1.82, 2.24) is 0 Å². The van der Waals surface area contributed by atoms with Gasteiger partial charge in [-0.2, -0.15) is 0 Å². The molecule has 18 heavy (non-hydrogen) atoms. The Labute approximate surface area is 114 Å². The molecule has 0 amide bonds. The van der Waals surface area contributed by atoms with Crippen LogP contribution in [0.3, 0.4) is 0 Å². The van der Waals surface area contributed by atoms with Gasteiger partial charge in [-0.15, -0.1) is 0 Å². The summed E-state index contributed by atoms with van der Waals surface area (Å²) < 4.78 is 0.576. The summed E-state index contributed by atoms with van der Waals surface area (Å²) >= 11 is 3.25. The van der Waals surface area contributed by atoms with Crippen LogP contribution in [0.4, 0.5) is 5.69 Å². The Morgan fingerprint density at radius 3 is 2.72 bits per heavy atom. The fourth-order valence-corrected chi connectivity index (χ4v) is 2.64. The van der Waals surface area contributed by atoms with Crippen LogP contribution in [0.15, 0.2) is 22.7 Å². The van der Waals surface area contributed by atoms with Gasteiger partial charge in [0.05, 0.1) is 5.56 Å². The van der Waals surface area contributed by atoms with E-state index in [1.807, 2.05) is 6.07 Å². The largest absolute Gasteiger partial charge is 0.478 e. The Morgan fingerprint density at radius 2 is 2.17 bits per heavy atom. The number of halogens is 1. The first-order chi connectivity index (χ1) is 8.58. The smallest absolute Gasteiger partial charge is 0.338 e. The van der Waals surface area contributed by atoms with Crippen molar-refractivity contribution in [3.63, 3.8) is 0 Å². The lowest BCUT2D eigenvalue weighted by Crippen LogP contribution is -2.18. The molecule has 1 aliphatic rings. The average Bonchev–Trinajstić information content (AvgIpc) is 3.07. The molecule has 0 bridgehead atoms. The summed E-state index contributed by atoms with van der Waals surface area (Å²) in [6.07, 6.45) is 2.96. The fourth-order valence-electron chi connectivity index (χ4n) is 2.10. The van der Waals surface area contributed by atoms with Crippen molar-refractivity contribution in [2.45, 2.75) is 19.3 Å². The summed E-state index contributed by atoms with van der Waals surface area (Å²) in [6, 6.07) is 5.29. The van der Waals surface area contributed by atoms with E-state index in [1.165, 1.54) is 0 Å². The van der Waals surface area contributed by atoms with E-state index in [1.54, 1.807) is 12.1 Å². The molecule has 1 aromatic rings. The van der Waals surface area contributed by atoms with Crippen LogP contribution >= 0.6 is 15.9 Å². The molecule has 0 spiro atoms. The third-order valence-electron chi connectivity index (χ3n) is 3.48. The highest BCUT2D eigenvalue weighted by molar-refractivity contribution is 9.10. The Hall–Kier alpha value is -1.07. The van der Waals surface area contributed by atoms with Crippen LogP contribution in [0.1, 0.15) is 29.6 Å². The van der Waals surface area contributed by atoms with Gasteiger partial charge in [-0.25, -0.2) is 4.79 Å². The predicted molar refractivity (Wildman–Crippen MR) is 73.0 cm³/mol. The molecular formula is C13H16BrNO3. The van der Waals surface area contributed by atoms with Gasteiger partial charge >= 0.3 is 5.97 Å². The van der Waals surface area contributed by atoms with Gasteiger partial charge in [0.1, 0.15) is 0 Å². The lowest BCUT2D eigenvalue weighted by atomic mass is 10.0. The monoisotopic (exact) mass is 313 g/mol. The van der Waals surface area contributed by atoms with E-state index in [0.29, 0.717) is 16.7 Å². The number of hydrogen-bond donors (Lipinski definition) is 3. The van der Waals surface area contributed by atoms with Gasteiger partial charge in [0.15, 0.2) is 0 Å². The van der Waals surface area contributed by atoms with Gasteiger partial charge in [-0.3, -0.25) is 0 Å². The van der Waals surface area contributed by atoms with Gasteiger partial charge in [0, 0.05) is 23.3 Å². The number of carbonyl (C=O) groups is 1. The van der Waals surface area contributed by atoms with Gasteiger partial charge in [-0.1, -0.05) is 6.07 Å². The third-order valence-corrected chi connectivity index (χ3v) is 4.14. The topological polar surface area (TPSA) is 69.6 Å². The van der Waals surface area contributed by atoms with Crippen molar-refractivity contribution in [3.8, 4) is 0 Å². The molecule has 3 N–H and O–H groups in total. The van der Waals surface area contributed by atoms with Crippen molar-refractivity contribution in [2.24, 2.45) is 5.41 Å². The first-order valence-electron chi connectivity index (χ1n) is 5.94. The number of aliphatic hydroxyl groups is 1. The molecule has 0 heterocycles. The van der Waals surface area contributed by atoms with E-state index in [-0.39, 0.29) is 17.6 Å². The highest BCUT2D eigenvalue weighted by atomic mass is 79.9. The van der Waals surface area contributed by atoms with Crippen LogP contribution in [0, 0.1) is 5.41 Å². The minimum Gasteiger partial charge on any atom is -0.478 e. The molecule has 98 valence electrons. The quantitative estimate of drug-likeness (QED) is 0.755. The highest BCUT2D eigenvalue weighted by Crippen LogP contribution is 2.48. The maximum absolute atomic E-state index is 11.2. The highest BCUT2D eigenvalue weighted by Gasteiger charge is 2.41. The molecule has 2 rings (SSSR count). The van der Waals surface area contributed by atoms with Crippen LogP contribution in [0.2, 0.25) is 0 Å². The van der Waals surface area contributed by atoms with Gasteiger partial charge in [0.2, 0.25) is 0 Å². The lowest BCUT2D eigenvalue weighted by Gasteiger charge is -2.17. The molecule has 0 saturated heterocycles. The normalized spacial score (nSPS) is 16.3. The van der Waals surface area contributed by atoms with E-state index < -0.39 is 5.97 Å². The number of hydrogen-bond acceptors (Lipinski definition) is 3. The molecular weight excluding hydrogens is 298 g/mol.